The van der Waals surface area contributed by atoms with Crippen LogP contribution in [-0.2, 0) is 9.59 Å². The number of H-pyrrole nitrogens is 1. The number of nitrogen functional groups attached to an aromatic ring is 1. The van der Waals surface area contributed by atoms with Gasteiger partial charge in [-0.05, 0) is 44.5 Å². The minimum absolute atomic E-state index is 0.0269. The molecule has 34 heavy (non-hydrogen) atoms. The summed E-state index contributed by atoms with van der Waals surface area (Å²) in [4.78, 5) is 53.8. The van der Waals surface area contributed by atoms with Gasteiger partial charge in [0.05, 0.1) is 11.5 Å². The van der Waals surface area contributed by atoms with E-state index in [4.69, 9.17) is 5.73 Å². The van der Waals surface area contributed by atoms with Gasteiger partial charge >= 0.3 is 11.9 Å². The molecule has 1 aliphatic heterocycles. The normalized spacial score (nSPS) is 15.8. The second-order valence-electron chi connectivity index (χ2n) is 8.61. The van der Waals surface area contributed by atoms with Crippen molar-refractivity contribution in [1.29, 1.82) is 0 Å². The summed E-state index contributed by atoms with van der Waals surface area (Å²) in [6.45, 7) is 3.75. The highest BCUT2D eigenvalue weighted by Gasteiger charge is 2.34. The average Bonchev–Trinajstić information content (AvgIpc) is 2.77. The summed E-state index contributed by atoms with van der Waals surface area (Å²) in [7, 11) is 0. The minimum atomic E-state index is -1.35. The second-order valence-corrected chi connectivity index (χ2v) is 8.61. The number of aromatic nitrogens is 2. The van der Waals surface area contributed by atoms with E-state index in [0.717, 1.165) is 0 Å². The standard InChI is InChI=1S/C21H27N7O6/c1-21(2,19(33)34)7-13(18(31)32)26-16(29)10-3-5-11(6-4-10)23-8-12-9-24-15-14(25-12)17(30)28-20(22)27-15/h3-6,12-13,23,25H,7-9H2,1-2H3,(H,26,29)(H,31,32)(H,33,34)(H4,22,24,27,28,30). The van der Waals surface area contributed by atoms with E-state index in [0.29, 0.717) is 30.3 Å². The molecule has 0 spiro atoms. The number of rotatable bonds is 9. The minimum Gasteiger partial charge on any atom is -0.481 e. The first kappa shape index (κ1) is 24.4. The lowest BCUT2D eigenvalue weighted by molar-refractivity contribution is -0.149. The van der Waals surface area contributed by atoms with Gasteiger partial charge in [0.2, 0.25) is 5.95 Å². The molecule has 2 aromatic rings. The van der Waals surface area contributed by atoms with E-state index in [9.17, 15) is 29.4 Å². The lowest BCUT2D eigenvalue weighted by atomic mass is 9.85. The van der Waals surface area contributed by atoms with Gasteiger partial charge in [-0.1, -0.05) is 0 Å². The number of carbonyl (C=O) groups is 3. The third-order valence-electron chi connectivity index (χ3n) is 5.40. The number of carboxylic acids is 2. The summed E-state index contributed by atoms with van der Waals surface area (Å²) in [5.74, 6) is -2.67. The maximum Gasteiger partial charge on any atom is 0.326 e. The summed E-state index contributed by atoms with van der Waals surface area (Å²) < 4.78 is 0. The summed E-state index contributed by atoms with van der Waals surface area (Å²) in [6, 6.07) is 4.89. The van der Waals surface area contributed by atoms with Crippen LogP contribution in [0.5, 0.6) is 0 Å². The summed E-state index contributed by atoms with van der Waals surface area (Å²) in [5.41, 5.74) is 5.08. The molecule has 0 saturated carbocycles. The lowest BCUT2D eigenvalue weighted by Gasteiger charge is -2.27. The summed E-state index contributed by atoms with van der Waals surface area (Å²) in [6.07, 6.45) is -0.264. The van der Waals surface area contributed by atoms with Crippen molar-refractivity contribution >= 4 is 41.0 Å². The van der Waals surface area contributed by atoms with Crippen LogP contribution in [0, 0.1) is 5.41 Å². The predicted octanol–water partition coefficient (Wildman–Crippen LogP) is 0.354. The van der Waals surface area contributed by atoms with Crippen molar-refractivity contribution in [1.82, 2.24) is 15.3 Å². The number of fused-ring (bicyclic) bond motifs is 1. The number of anilines is 4. The smallest absolute Gasteiger partial charge is 0.326 e. The summed E-state index contributed by atoms with van der Waals surface area (Å²) in [5, 5.41) is 30.3. The van der Waals surface area contributed by atoms with Crippen LogP contribution in [0.3, 0.4) is 0 Å². The molecule has 3 rings (SSSR count). The second kappa shape index (κ2) is 9.68. The lowest BCUT2D eigenvalue weighted by Crippen LogP contribution is -2.45. The van der Waals surface area contributed by atoms with Crippen LogP contribution in [0.1, 0.15) is 30.6 Å². The van der Waals surface area contributed by atoms with E-state index in [-0.39, 0.29) is 29.5 Å². The van der Waals surface area contributed by atoms with Gasteiger partial charge in [-0.25, -0.2) is 4.79 Å². The SMILES string of the molecule is CC(C)(CC(NC(=O)c1ccc(NCC2CNc3nc(N)[nH]c(=O)c3N2)cc1)C(=O)O)C(=O)O. The fourth-order valence-electron chi connectivity index (χ4n) is 3.37. The molecule has 13 nitrogen and oxygen atoms in total. The van der Waals surface area contributed by atoms with E-state index in [1.54, 1.807) is 12.1 Å². The monoisotopic (exact) mass is 473 g/mol. The first-order valence-electron chi connectivity index (χ1n) is 10.5. The first-order chi connectivity index (χ1) is 16.0. The highest BCUT2D eigenvalue weighted by atomic mass is 16.4. The molecule has 1 aromatic carbocycles. The number of carboxylic acid groups (broad SMARTS) is 2. The molecular weight excluding hydrogens is 446 g/mol. The number of aliphatic carboxylic acids is 2. The van der Waals surface area contributed by atoms with E-state index in [2.05, 4.69) is 31.2 Å². The van der Waals surface area contributed by atoms with Gasteiger partial charge < -0.3 is 37.2 Å². The number of hydrogen-bond acceptors (Lipinski definition) is 9. The highest BCUT2D eigenvalue weighted by molar-refractivity contribution is 5.97. The van der Waals surface area contributed by atoms with Crippen molar-refractivity contribution in [3.05, 3.63) is 40.2 Å². The number of hydrogen-bond donors (Lipinski definition) is 8. The number of nitrogens with two attached hydrogens (primary N) is 1. The molecule has 182 valence electrons. The van der Waals surface area contributed by atoms with E-state index < -0.39 is 29.3 Å². The number of nitrogens with zero attached hydrogens (tertiary/aromatic N) is 1. The molecule has 0 radical (unpaired) electrons. The molecule has 0 aliphatic carbocycles. The zero-order chi connectivity index (χ0) is 25.0. The van der Waals surface area contributed by atoms with Crippen molar-refractivity contribution in [2.24, 2.45) is 5.41 Å². The Balaban J connectivity index is 1.57. The molecular formula is C21H27N7O6. The molecule has 1 amide bonds. The van der Waals surface area contributed by atoms with Crippen LogP contribution in [0.25, 0.3) is 0 Å². The largest absolute Gasteiger partial charge is 0.481 e. The predicted molar refractivity (Wildman–Crippen MR) is 125 cm³/mol. The molecule has 0 bridgehead atoms. The van der Waals surface area contributed by atoms with Crippen molar-refractivity contribution in [2.75, 3.05) is 34.8 Å². The zero-order valence-electron chi connectivity index (χ0n) is 18.6. The molecule has 0 saturated heterocycles. The highest BCUT2D eigenvalue weighted by Crippen LogP contribution is 2.23. The maximum atomic E-state index is 12.5. The van der Waals surface area contributed by atoms with Gasteiger partial charge in [0.25, 0.3) is 11.5 Å². The Hall–Kier alpha value is -4.29. The fourth-order valence-corrected chi connectivity index (χ4v) is 3.37. The number of aromatic amines is 1. The number of amides is 1. The van der Waals surface area contributed by atoms with E-state index >= 15 is 0 Å². The molecule has 0 fully saturated rings. The zero-order valence-corrected chi connectivity index (χ0v) is 18.6. The molecule has 2 unspecified atom stereocenters. The van der Waals surface area contributed by atoms with Gasteiger partial charge in [-0.3, -0.25) is 19.4 Å². The van der Waals surface area contributed by atoms with Gasteiger partial charge in [0, 0.05) is 24.3 Å². The third kappa shape index (κ3) is 5.74. The Morgan fingerprint density at radius 2 is 1.91 bits per heavy atom. The van der Waals surface area contributed by atoms with Gasteiger partial charge in [-0.2, -0.15) is 4.98 Å². The fraction of sp³-hybridized carbons (Fsp3) is 0.381. The van der Waals surface area contributed by atoms with Gasteiger partial charge in [-0.15, -0.1) is 0 Å². The van der Waals surface area contributed by atoms with Crippen molar-refractivity contribution in [3.63, 3.8) is 0 Å². The first-order valence-corrected chi connectivity index (χ1v) is 10.5. The number of nitrogens with one attached hydrogen (secondary N) is 5. The van der Waals surface area contributed by atoms with Gasteiger partial charge in [0.15, 0.2) is 5.82 Å². The number of benzene rings is 1. The molecule has 2 heterocycles. The van der Waals surface area contributed by atoms with Crippen LogP contribution >= 0.6 is 0 Å². The van der Waals surface area contributed by atoms with Crippen LogP contribution < -0.4 is 32.6 Å². The number of carbonyl (C=O) groups excluding carboxylic acids is 1. The Kier molecular flexibility index (Phi) is 6.94. The van der Waals surface area contributed by atoms with Crippen LogP contribution in [-0.4, -0.2) is 63.2 Å². The Labute approximate surface area is 194 Å². The van der Waals surface area contributed by atoms with E-state index in [1.165, 1.54) is 26.0 Å². The van der Waals surface area contributed by atoms with E-state index in [1.807, 2.05) is 0 Å². The third-order valence-corrected chi connectivity index (χ3v) is 5.40. The van der Waals surface area contributed by atoms with Crippen molar-refractivity contribution in [3.8, 4) is 0 Å². The Morgan fingerprint density at radius 3 is 2.53 bits per heavy atom. The molecule has 2 atom stereocenters. The van der Waals surface area contributed by atoms with Crippen LogP contribution in [0.15, 0.2) is 29.1 Å². The molecule has 1 aliphatic rings. The quantitative estimate of drug-likeness (QED) is 0.249. The van der Waals surface area contributed by atoms with Crippen molar-refractivity contribution in [2.45, 2.75) is 32.4 Å². The molecule has 1 aromatic heterocycles. The maximum absolute atomic E-state index is 12.5. The van der Waals surface area contributed by atoms with Crippen LogP contribution in [0.2, 0.25) is 0 Å². The Bertz CT molecular complexity index is 1150. The average molecular weight is 473 g/mol. The van der Waals surface area contributed by atoms with Crippen molar-refractivity contribution < 1.29 is 24.6 Å². The molecule has 13 heteroatoms. The topological polar surface area (TPSA) is 212 Å². The Morgan fingerprint density at radius 1 is 1.24 bits per heavy atom. The van der Waals surface area contributed by atoms with Gasteiger partial charge in [0.1, 0.15) is 11.7 Å². The molecule has 9 N–H and O–H groups in total. The summed E-state index contributed by atoms with van der Waals surface area (Å²) >= 11 is 0. The van der Waals surface area contributed by atoms with Crippen LogP contribution in [0.4, 0.5) is 23.1 Å².